The van der Waals surface area contributed by atoms with Gasteiger partial charge in [-0.25, -0.2) is 13.2 Å². The normalized spacial score (nSPS) is 13.6. The van der Waals surface area contributed by atoms with Crippen molar-refractivity contribution in [3.63, 3.8) is 0 Å². The molecule has 2 nitrogen and oxygen atoms in total. The van der Waals surface area contributed by atoms with E-state index in [1.54, 1.807) is 0 Å². The fourth-order valence-electron chi connectivity index (χ4n) is 0.681. The van der Waals surface area contributed by atoms with E-state index in [9.17, 15) is 13.2 Å². The summed E-state index contributed by atoms with van der Waals surface area (Å²) in [5.41, 5.74) is 0. The fraction of sp³-hybridized carbons (Fsp3) is 1.00. The third-order valence-corrected chi connectivity index (χ3v) is 1.17. The fourth-order valence-corrected chi connectivity index (χ4v) is 0.681. The molecule has 0 aromatic heterocycles. The Morgan fingerprint density at radius 2 is 1.54 bits per heavy atom. The lowest BCUT2D eigenvalue weighted by Crippen LogP contribution is -2.10. The Balaban J connectivity index is 2.92. The summed E-state index contributed by atoms with van der Waals surface area (Å²) in [4.78, 5) is 0. The van der Waals surface area contributed by atoms with E-state index in [1.165, 1.54) is 6.92 Å². The van der Waals surface area contributed by atoms with Crippen LogP contribution in [0.5, 0.6) is 0 Å². The summed E-state index contributed by atoms with van der Waals surface area (Å²) in [5.74, 6) is 0. The molecular formula is C8H15F3O2. The van der Waals surface area contributed by atoms with E-state index in [1.807, 2.05) is 0 Å². The van der Waals surface area contributed by atoms with Crippen LogP contribution in [0.15, 0.2) is 0 Å². The molecule has 0 aromatic rings. The summed E-state index contributed by atoms with van der Waals surface area (Å²) in [6, 6.07) is 0. The number of halogens is 3. The maximum atomic E-state index is 12.1. The molecule has 0 aliphatic heterocycles. The Bertz CT molecular complexity index is 97.6. The van der Waals surface area contributed by atoms with Crippen molar-refractivity contribution < 1.29 is 22.6 Å². The summed E-state index contributed by atoms with van der Waals surface area (Å²) in [7, 11) is 0. The summed E-state index contributed by atoms with van der Waals surface area (Å²) in [5, 5.41) is 0. The minimum absolute atomic E-state index is 0.0504. The molecule has 0 radical (unpaired) electrons. The van der Waals surface area contributed by atoms with Gasteiger partial charge >= 0.3 is 0 Å². The lowest BCUT2D eigenvalue weighted by atomic mass is 10.4. The second-order valence-electron chi connectivity index (χ2n) is 2.68. The van der Waals surface area contributed by atoms with Crippen LogP contribution in [-0.4, -0.2) is 39.0 Å². The summed E-state index contributed by atoms with van der Waals surface area (Å²) in [6.07, 6.45) is -2.90. The van der Waals surface area contributed by atoms with Gasteiger partial charge < -0.3 is 9.47 Å². The molecule has 0 bridgehead atoms. The average molecular weight is 200 g/mol. The van der Waals surface area contributed by atoms with Gasteiger partial charge in [0.1, 0.15) is 12.8 Å². The first kappa shape index (κ1) is 12.7. The third kappa shape index (κ3) is 11.7. The maximum Gasteiger partial charge on any atom is 0.261 e. The van der Waals surface area contributed by atoms with Crippen molar-refractivity contribution in [2.24, 2.45) is 0 Å². The van der Waals surface area contributed by atoms with Crippen molar-refractivity contribution >= 4 is 0 Å². The molecule has 5 heteroatoms. The molecule has 0 fully saturated rings. The highest BCUT2D eigenvalue weighted by molar-refractivity contribution is 4.43. The molecule has 0 aliphatic rings. The Kier molecular flexibility index (Phi) is 8.13. The highest BCUT2D eigenvalue weighted by Gasteiger charge is 2.01. The molecule has 0 heterocycles. The minimum atomic E-state index is -2.42. The maximum absolute atomic E-state index is 12.1. The quantitative estimate of drug-likeness (QED) is 0.558. The van der Waals surface area contributed by atoms with E-state index in [4.69, 9.17) is 4.74 Å². The van der Waals surface area contributed by atoms with Crippen LogP contribution in [-0.2, 0) is 9.47 Å². The van der Waals surface area contributed by atoms with E-state index in [2.05, 4.69) is 4.74 Å². The predicted molar refractivity (Wildman–Crippen MR) is 42.8 cm³/mol. The van der Waals surface area contributed by atoms with Gasteiger partial charge in [0.05, 0.1) is 6.61 Å². The molecule has 1 unspecified atom stereocenters. The molecule has 13 heavy (non-hydrogen) atoms. The Morgan fingerprint density at radius 3 is 2.00 bits per heavy atom. The van der Waals surface area contributed by atoms with Crippen LogP contribution >= 0.6 is 0 Å². The third-order valence-electron chi connectivity index (χ3n) is 1.17. The van der Waals surface area contributed by atoms with Crippen molar-refractivity contribution in [3.05, 3.63) is 0 Å². The molecule has 0 aromatic carbocycles. The zero-order valence-electron chi connectivity index (χ0n) is 7.64. The van der Waals surface area contributed by atoms with Gasteiger partial charge in [-0.1, -0.05) is 0 Å². The van der Waals surface area contributed by atoms with E-state index in [-0.39, 0.29) is 13.2 Å². The molecule has 0 spiro atoms. The van der Waals surface area contributed by atoms with Crippen LogP contribution in [0.1, 0.15) is 13.3 Å². The smallest absolute Gasteiger partial charge is 0.261 e. The molecule has 0 aliphatic carbocycles. The van der Waals surface area contributed by atoms with Crippen molar-refractivity contribution in [2.45, 2.75) is 25.9 Å². The number of rotatable bonds is 8. The Morgan fingerprint density at radius 1 is 1.00 bits per heavy atom. The zero-order valence-corrected chi connectivity index (χ0v) is 7.64. The second-order valence-corrected chi connectivity index (χ2v) is 2.68. The predicted octanol–water partition coefficient (Wildman–Crippen LogP) is 2.03. The van der Waals surface area contributed by atoms with E-state index < -0.39 is 19.2 Å². The monoisotopic (exact) mass is 200 g/mol. The summed E-state index contributed by atoms with van der Waals surface area (Å²) in [6.45, 7) is 1.48. The number of hydrogen-bond acceptors (Lipinski definition) is 2. The first-order valence-electron chi connectivity index (χ1n) is 4.20. The van der Waals surface area contributed by atoms with Crippen molar-refractivity contribution in [1.82, 2.24) is 0 Å². The van der Waals surface area contributed by atoms with Crippen LogP contribution in [0.3, 0.4) is 0 Å². The van der Waals surface area contributed by atoms with Gasteiger partial charge in [0.2, 0.25) is 0 Å². The molecule has 0 saturated heterocycles. The summed E-state index contributed by atoms with van der Waals surface area (Å²) < 4.78 is 44.6. The van der Waals surface area contributed by atoms with E-state index in [0.717, 1.165) is 0 Å². The molecular weight excluding hydrogens is 185 g/mol. The second kappa shape index (κ2) is 8.31. The average Bonchev–Trinajstić information content (AvgIpc) is 2.01. The first-order valence-corrected chi connectivity index (χ1v) is 4.20. The van der Waals surface area contributed by atoms with Crippen molar-refractivity contribution in [1.29, 1.82) is 0 Å². The highest BCUT2D eigenvalue weighted by Crippen LogP contribution is 1.94. The molecule has 80 valence electrons. The largest absolute Gasteiger partial charge is 0.378 e. The van der Waals surface area contributed by atoms with Crippen LogP contribution in [0.4, 0.5) is 13.2 Å². The van der Waals surface area contributed by atoms with Crippen LogP contribution in [0.25, 0.3) is 0 Å². The summed E-state index contributed by atoms with van der Waals surface area (Å²) >= 11 is 0. The lowest BCUT2D eigenvalue weighted by Gasteiger charge is -2.05. The molecule has 0 saturated carbocycles. The SMILES string of the molecule is CC(F)COCCCOCC(F)F. The molecule has 0 N–H and O–H groups in total. The van der Waals surface area contributed by atoms with Crippen LogP contribution < -0.4 is 0 Å². The highest BCUT2D eigenvalue weighted by atomic mass is 19.3. The van der Waals surface area contributed by atoms with Gasteiger partial charge in [0.25, 0.3) is 6.43 Å². The molecule has 1 atom stereocenters. The first-order chi connectivity index (χ1) is 6.13. The van der Waals surface area contributed by atoms with Crippen molar-refractivity contribution in [2.75, 3.05) is 26.4 Å². The minimum Gasteiger partial charge on any atom is -0.378 e. The van der Waals surface area contributed by atoms with E-state index in [0.29, 0.717) is 13.0 Å². The Labute approximate surface area is 76.0 Å². The number of alkyl halides is 3. The van der Waals surface area contributed by atoms with E-state index >= 15 is 0 Å². The van der Waals surface area contributed by atoms with Gasteiger partial charge in [-0.15, -0.1) is 0 Å². The van der Waals surface area contributed by atoms with Gasteiger partial charge in [-0.2, -0.15) is 0 Å². The molecule has 0 rings (SSSR count). The van der Waals surface area contributed by atoms with Crippen LogP contribution in [0.2, 0.25) is 0 Å². The number of ether oxygens (including phenoxy) is 2. The lowest BCUT2D eigenvalue weighted by molar-refractivity contribution is 0.00556. The topological polar surface area (TPSA) is 18.5 Å². The standard InChI is InChI=1S/C8H15F3O2/c1-7(9)5-12-3-2-4-13-6-8(10)11/h7-8H,2-6H2,1H3. The Hall–Kier alpha value is -0.290. The molecule has 0 amide bonds. The van der Waals surface area contributed by atoms with Crippen molar-refractivity contribution in [3.8, 4) is 0 Å². The van der Waals surface area contributed by atoms with Gasteiger partial charge in [-0.3, -0.25) is 0 Å². The van der Waals surface area contributed by atoms with Gasteiger partial charge in [0, 0.05) is 13.2 Å². The number of hydrogen-bond donors (Lipinski definition) is 0. The van der Waals surface area contributed by atoms with Crippen LogP contribution in [0, 0.1) is 0 Å². The van der Waals surface area contributed by atoms with Gasteiger partial charge in [-0.05, 0) is 13.3 Å². The zero-order chi connectivity index (χ0) is 10.1. The van der Waals surface area contributed by atoms with Gasteiger partial charge in [0.15, 0.2) is 0 Å².